The molecule has 0 saturated heterocycles. The number of ether oxygens (including phenoxy) is 1. The molecule has 0 aromatic heterocycles. The molecule has 0 bridgehead atoms. The third kappa shape index (κ3) is 4.37. The molecule has 122 valence electrons. The van der Waals surface area contributed by atoms with Crippen molar-refractivity contribution < 1.29 is 9.53 Å². The van der Waals surface area contributed by atoms with E-state index in [1.807, 2.05) is 24.3 Å². The molecule has 0 radical (unpaired) electrons. The lowest BCUT2D eigenvalue weighted by molar-refractivity contribution is -0.119. The van der Waals surface area contributed by atoms with Crippen LogP contribution in [0.4, 0.5) is 5.69 Å². The Labute approximate surface area is 138 Å². The highest BCUT2D eigenvalue weighted by molar-refractivity contribution is 5.92. The zero-order chi connectivity index (χ0) is 14.7. The highest BCUT2D eigenvalue weighted by Gasteiger charge is 2.27. The number of amides is 1. The van der Waals surface area contributed by atoms with Crippen molar-refractivity contribution in [2.75, 3.05) is 5.32 Å². The molecule has 2 unspecified atom stereocenters. The molecule has 1 aromatic carbocycles. The van der Waals surface area contributed by atoms with Crippen LogP contribution in [0.2, 0.25) is 0 Å². The van der Waals surface area contributed by atoms with E-state index in [1.54, 1.807) is 0 Å². The second-order valence-corrected chi connectivity index (χ2v) is 6.31. The number of benzene rings is 1. The Bertz CT molecular complexity index is 486. The summed E-state index contributed by atoms with van der Waals surface area (Å²) in [5.41, 5.74) is 6.69. The van der Waals surface area contributed by atoms with E-state index in [0.717, 1.165) is 43.5 Å². The van der Waals surface area contributed by atoms with Gasteiger partial charge in [-0.25, -0.2) is 0 Å². The number of halogens is 1. The van der Waals surface area contributed by atoms with Crippen LogP contribution in [-0.4, -0.2) is 18.1 Å². The van der Waals surface area contributed by atoms with Gasteiger partial charge in [0.1, 0.15) is 5.75 Å². The minimum Gasteiger partial charge on any atom is -0.490 e. The molecule has 3 rings (SSSR count). The first-order valence-electron chi connectivity index (χ1n) is 8.04. The van der Waals surface area contributed by atoms with Crippen LogP contribution in [0.25, 0.3) is 0 Å². The first-order chi connectivity index (χ1) is 10.2. The van der Waals surface area contributed by atoms with Crippen LogP contribution in [0.5, 0.6) is 5.75 Å². The molecule has 0 spiro atoms. The largest absolute Gasteiger partial charge is 0.490 e. The Kier molecular flexibility index (Phi) is 6.09. The van der Waals surface area contributed by atoms with Gasteiger partial charge >= 0.3 is 0 Å². The number of nitrogens with one attached hydrogen (secondary N) is 1. The summed E-state index contributed by atoms with van der Waals surface area (Å²) in [7, 11) is 0. The zero-order valence-electron chi connectivity index (χ0n) is 12.8. The Balaban J connectivity index is 0.00000176. The van der Waals surface area contributed by atoms with E-state index in [4.69, 9.17) is 10.5 Å². The first kappa shape index (κ1) is 17.1. The molecule has 1 amide bonds. The highest BCUT2D eigenvalue weighted by Crippen LogP contribution is 2.27. The van der Waals surface area contributed by atoms with Gasteiger partial charge in [-0.3, -0.25) is 4.79 Å². The van der Waals surface area contributed by atoms with Gasteiger partial charge in [-0.15, -0.1) is 12.4 Å². The fourth-order valence-corrected chi connectivity index (χ4v) is 3.31. The molecule has 0 heterocycles. The van der Waals surface area contributed by atoms with E-state index in [9.17, 15) is 4.79 Å². The Hall–Kier alpha value is -1.26. The van der Waals surface area contributed by atoms with Gasteiger partial charge in [-0.1, -0.05) is 0 Å². The number of anilines is 1. The fourth-order valence-electron chi connectivity index (χ4n) is 3.31. The summed E-state index contributed by atoms with van der Waals surface area (Å²) in [5, 5.41) is 2.98. The van der Waals surface area contributed by atoms with Crippen molar-refractivity contribution in [2.45, 2.75) is 57.1 Å². The van der Waals surface area contributed by atoms with Crippen LogP contribution in [0.3, 0.4) is 0 Å². The standard InChI is InChI=1S/C17H24N2O2.ClH/c18-13-6-5-12(11-13)17(20)19-14-7-9-16(10-8-14)21-15-3-1-2-4-15;/h7-10,12-13,15H,1-6,11,18H2,(H,19,20);1H. The number of hydrogen-bond donors (Lipinski definition) is 2. The number of hydrogen-bond acceptors (Lipinski definition) is 3. The quantitative estimate of drug-likeness (QED) is 0.891. The van der Waals surface area contributed by atoms with Gasteiger partial charge in [0.25, 0.3) is 0 Å². The maximum Gasteiger partial charge on any atom is 0.227 e. The van der Waals surface area contributed by atoms with Crippen LogP contribution < -0.4 is 15.8 Å². The Morgan fingerprint density at radius 3 is 2.36 bits per heavy atom. The van der Waals surface area contributed by atoms with Crippen molar-refractivity contribution in [1.29, 1.82) is 0 Å². The molecule has 2 fully saturated rings. The van der Waals surface area contributed by atoms with Crippen LogP contribution >= 0.6 is 12.4 Å². The van der Waals surface area contributed by atoms with Crippen molar-refractivity contribution in [2.24, 2.45) is 11.7 Å². The summed E-state index contributed by atoms with van der Waals surface area (Å²) in [6, 6.07) is 7.89. The predicted octanol–water partition coefficient (Wildman–Crippen LogP) is 3.50. The Morgan fingerprint density at radius 1 is 1.09 bits per heavy atom. The van der Waals surface area contributed by atoms with Crippen molar-refractivity contribution in [3.63, 3.8) is 0 Å². The van der Waals surface area contributed by atoms with Crippen molar-refractivity contribution >= 4 is 24.0 Å². The first-order valence-corrected chi connectivity index (χ1v) is 8.04. The summed E-state index contributed by atoms with van der Waals surface area (Å²) in [6.07, 6.45) is 7.85. The van der Waals surface area contributed by atoms with Crippen LogP contribution in [-0.2, 0) is 4.79 Å². The molecule has 3 N–H and O–H groups in total. The van der Waals surface area contributed by atoms with Gasteiger partial charge < -0.3 is 15.8 Å². The average Bonchev–Trinajstić information content (AvgIpc) is 3.12. The molecule has 1 aromatic rings. The molecule has 2 atom stereocenters. The van der Waals surface area contributed by atoms with Crippen LogP contribution in [0, 0.1) is 5.92 Å². The van der Waals surface area contributed by atoms with Crippen molar-refractivity contribution in [1.82, 2.24) is 0 Å². The molecular formula is C17H25ClN2O2. The van der Waals surface area contributed by atoms with Gasteiger partial charge in [0.15, 0.2) is 0 Å². The predicted molar refractivity (Wildman–Crippen MR) is 90.5 cm³/mol. The molecule has 22 heavy (non-hydrogen) atoms. The third-order valence-electron chi connectivity index (χ3n) is 4.57. The molecule has 2 saturated carbocycles. The number of carbonyl (C=O) groups is 1. The maximum atomic E-state index is 12.1. The van der Waals surface area contributed by atoms with Crippen molar-refractivity contribution in [3.8, 4) is 5.75 Å². The monoisotopic (exact) mass is 324 g/mol. The Morgan fingerprint density at radius 2 is 1.77 bits per heavy atom. The fraction of sp³-hybridized carbons (Fsp3) is 0.588. The van der Waals surface area contributed by atoms with Gasteiger partial charge in [0, 0.05) is 17.6 Å². The summed E-state index contributed by atoms with van der Waals surface area (Å²) in [6.45, 7) is 0. The van der Waals surface area contributed by atoms with Gasteiger partial charge in [-0.05, 0) is 69.2 Å². The van der Waals surface area contributed by atoms with Gasteiger partial charge in [0.05, 0.1) is 6.10 Å². The van der Waals surface area contributed by atoms with E-state index in [0.29, 0.717) is 6.10 Å². The molecular weight excluding hydrogens is 300 g/mol. The molecule has 5 heteroatoms. The highest BCUT2D eigenvalue weighted by atomic mass is 35.5. The SMILES string of the molecule is Cl.NC1CCC(C(=O)Nc2ccc(OC3CCCC3)cc2)C1. The molecule has 0 aliphatic heterocycles. The van der Waals surface area contributed by atoms with Crippen LogP contribution in [0.15, 0.2) is 24.3 Å². The number of nitrogens with two attached hydrogens (primary N) is 1. The molecule has 2 aliphatic carbocycles. The van der Waals surface area contributed by atoms with E-state index in [-0.39, 0.29) is 30.3 Å². The van der Waals surface area contributed by atoms with E-state index in [1.165, 1.54) is 12.8 Å². The lowest BCUT2D eigenvalue weighted by Crippen LogP contribution is -2.23. The zero-order valence-corrected chi connectivity index (χ0v) is 13.6. The minimum atomic E-state index is 0. The number of carbonyl (C=O) groups excluding carboxylic acids is 1. The number of rotatable bonds is 4. The summed E-state index contributed by atoms with van der Waals surface area (Å²) in [4.78, 5) is 12.1. The smallest absolute Gasteiger partial charge is 0.227 e. The van der Waals surface area contributed by atoms with Gasteiger partial charge in [-0.2, -0.15) is 0 Å². The second kappa shape index (κ2) is 7.84. The molecule has 4 nitrogen and oxygen atoms in total. The summed E-state index contributed by atoms with van der Waals surface area (Å²) < 4.78 is 5.92. The lowest BCUT2D eigenvalue weighted by atomic mass is 10.1. The summed E-state index contributed by atoms with van der Waals surface area (Å²) >= 11 is 0. The maximum absolute atomic E-state index is 12.1. The minimum absolute atomic E-state index is 0. The van der Waals surface area contributed by atoms with Gasteiger partial charge in [0.2, 0.25) is 5.91 Å². The topological polar surface area (TPSA) is 64.4 Å². The van der Waals surface area contributed by atoms with E-state index < -0.39 is 0 Å². The van der Waals surface area contributed by atoms with Crippen LogP contribution in [0.1, 0.15) is 44.9 Å². The van der Waals surface area contributed by atoms with Crippen molar-refractivity contribution in [3.05, 3.63) is 24.3 Å². The summed E-state index contributed by atoms with van der Waals surface area (Å²) in [5.74, 6) is 1.05. The third-order valence-corrected chi connectivity index (χ3v) is 4.57. The lowest BCUT2D eigenvalue weighted by Gasteiger charge is -2.14. The normalized spacial score (nSPS) is 24.8. The average molecular weight is 325 g/mol. The van der Waals surface area contributed by atoms with E-state index in [2.05, 4.69) is 5.32 Å². The molecule has 2 aliphatic rings. The second-order valence-electron chi connectivity index (χ2n) is 6.31. The van der Waals surface area contributed by atoms with E-state index >= 15 is 0 Å².